The average Bonchev–Trinajstić information content (AvgIpc) is 2.51. The van der Waals surface area contributed by atoms with E-state index in [0.717, 1.165) is 11.1 Å². The Morgan fingerprint density at radius 2 is 1.83 bits per heavy atom. The summed E-state index contributed by atoms with van der Waals surface area (Å²) in [4.78, 5) is 12.4. The van der Waals surface area contributed by atoms with Crippen molar-refractivity contribution in [2.24, 2.45) is 0 Å². The van der Waals surface area contributed by atoms with E-state index in [1.807, 2.05) is 49.4 Å². The smallest absolute Gasteiger partial charge is 0.262 e. The first-order valence-corrected chi connectivity index (χ1v) is 8.31. The van der Waals surface area contributed by atoms with E-state index in [0.29, 0.717) is 12.1 Å². The minimum Gasteiger partial charge on any atom is -0.319 e. The fraction of sp³-hybridized carbons (Fsp3) is 0.235. The fourth-order valence-electron chi connectivity index (χ4n) is 2.15. The second-order valence-electron chi connectivity index (χ2n) is 5.29. The topological polar surface area (TPSA) is 45.7 Å². The summed E-state index contributed by atoms with van der Waals surface area (Å²) >= 11 is 18.0. The number of rotatable bonds is 5. The number of carbonyl (C=O) groups excluding carboxylic acids is 1. The van der Waals surface area contributed by atoms with Crippen molar-refractivity contribution >= 4 is 40.7 Å². The summed E-state index contributed by atoms with van der Waals surface area (Å²) in [6, 6.07) is 17.1. The Morgan fingerprint density at radius 3 is 2.43 bits per heavy atom. The van der Waals surface area contributed by atoms with Crippen LogP contribution in [0.4, 0.5) is 0 Å². The average molecular weight is 373 g/mol. The molecule has 0 aliphatic heterocycles. The first-order valence-electron chi connectivity index (χ1n) is 7.18. The van der Waals surface area contributed by atoms with E-state index in [4.69, 9.17) is 34.8 Å². The van der Waals surface area contributed by atoms with Gasteiger partial charge in [0, 0.05) is 11.1 Å². The molecule has 0 heterocycles. The van der Waals surface area contributed by atoms with Gasteiger partial charge in [-0.1, -0.05) is 82.8 Å². The van der Waals surface area contributed by atoms with E-state index in [2.05, 4.69) is 5.32 Å². The van der Waals surface area contributed by atoms with Gasteiger partial charge in [-0.05, 0) is 19.1 Å². The summed E-state index contributed by atoms with van der Waals surface area (Å²) in [5.74, 6) is -0.269. The van der Waals surface area contributed by atoms with Gasteiger partial charge in [-0.2, -0.15) is 0 Å². The Hall–Kier alpha value is -1.26. The van der Waals surface area contributed by atoms with Crippen molar-refractivity contribution in [3.63, 3.8) is 0 Å². The Morgan fingerprint density at radius 1 is 1.13 bits per heavy atom. The number of carbonyl (C=O) groups is 1. The number of benzene rings is 2. The summed E-state index contributed by atoms with van der Waals surface area (Å²) in [5, 5.41) is 4.58. The van der Waals surface area contributed by atoms with Gasteiger partial charge < -0.3 is 5.32 Å². The van der Waals surface area contributed by atoms with E-state index in [-0.39, 0.29) is 5.91 Å². The maximum absolute atomic E-state index is 12.4. The van der Waals surface area contributed by atoms with Gasteiger partial charge in [-0.3, -0.25) is 10.1 Å². The lowest BCUT2D eigenvalue weighted by molar-refractivity contribution is -0.706. The summed E-state index contributed by atoms with van der Waals surface area (Å²) in [5.41, 5.74) is 2.62. The third-order valence-electron chi connectivity index (χ3n) is 3.35. The molecule has 0 radical (unpaired) electrons. The second kappa shape index (κ2) is 8.02. The Bertz CT molecular complexity index is 656. The Labute approximate surface area is 150 Å². The van der Waals surface area contributed by atoms with Crippen LogP contribution in [0.3, 0.4) is 0 Å². The number of quaternary nitrogens is 1. The number of aryl methyl sites for hydroxylation is 1. The number of hydrogen-bond acceptors (Lipinski definition) is 1. The van der Waals surface area contributed by atoms with Crippen LogP contribution in [0.25, 0.3) is 0 Å². The van der Waals surface area contributed by atoms with Crippen molar-refractivity contribution < 1.29 is 10.1 Å². The number of nitrogens with one attached hydrogen (secondary N) is 1. The zero-order valence-electron chi connectivity index (χ0n) is 12.6. The molecule has 1 amide bonds. The number of halogens is 3. The van der Waals surface area contributed by atoms with Crippen LogP contribution in [0.1, 0.15) is 21.5 Å². The number of alkyl halides is 3. The van der Waals surface area contributed by atoms with Gasteiger partial charge in [0.05, 0.1) is 0 Å². The van der Waals surface area contributed by atoms with Crippen LogP contribution in [-0.2, 0) is 6.54 Å². The summed E-state index contributed by atoms with van der Waals surface area (Å²) in [6.07, 6.45) is -0.694. The molecular formula is C17H18Cl3N2O+. The highest BCUT2D eigenvalue weighted by Crippen LogP contribution is 2.27. The summed E-state index contributed by atoms with van der Waals surface area (Å²) in [6.45, 7) is 2.51. The third-order valence-corrected chi connectivity index (χ3v) is 4.06. The highest BCUT2D eigenvalue weighted by molar-refractivity contribution is 6.68. The molecule has 0 aliphatic rings. The van der Waals surface area contributed by atoms with E-state index >= 15 is 0 Å². The van der Waals surface area contributed by atoms with Gasteiger partial charge in [0.2, 0.25) is 6.17 Å². The molecule has 1 atom stereocenters. The largest absolute Gasteiger partial charge is 0.319 e. The highest BCUT2D eigenvalue weighted by atomic mass is 35.6. The number of nitrogens with two attached hydrogens (primary N) is 1. The zero-order chi connectivity index (χ0) is 16.9. The van der Waals surface area contributed by atoms with Crippen molar-refractivity contribution in [2.45, 2.75) is 23.4 Å². The second-order valence-corrected chi connectivity index (χ2v) is 7.66. The molecule has 0 aromatic heterocycles. The lowest BCUT2D eigenvalue weighted by atomic mass is 10.1. The van der Waals surface area contributed by atoms with Gasteiger partial charge in [0.15, 0.2) is 0 Å². The van der Waals surface area contributed by atoms with Crippen LogP contribution in [0, 0.1) is 6.92 Å². The predicted molar refractivity (Wildman–Crippen MR) is 94.8 cm³/mol. The molecule has 0 aliphatic carbocycles. The van der Waals surface area contributed by atoms with Crippen LogP contribution in [0.5, 0.6) is 0 Å². The molecule has 3 N–H and O–H groups in total. The van der Waals surface area contributed by atoms with Gasteiger partial charge in [-0.25, -0.2) is 0 Å². The van der Waals surface area contributed by atoms with E-state index in [9.17, 15) is 4.79 Å². The molecule has 3 nitrogen and oxygen atoms in total. The quantitative estimate of drug-likeness (QED) is 0.614. The Balaban J connectivity index is 2.05. The molecule has 0 spiro atoms. The molecule has 2 rings (SSSR count). The normalized spacial score (nSPS) is 12.7. The van der Waals surface area contributed by atoms with Crippen LogP contribution >= 0.6 is 34.8 Å². The molecule has 2 aromatic rings. The zero-order valence-corrected chi connectivity index (χ0v) is 14.9. The summed E-state index contributed by atoms with van der Waals surface area (Å²) < 4.78 is -1.62. The molecule has 0 saturated heterocycles. The first-order chi connectivity index (χ1) is 10.9. The van der Waals surface area contributed by atoms with Crippen LogP contribution < -0.4 is 10.6 Å². The number of amides is 1. The number of hydrogen-bond donors (Lipinski definition) is 2. The van der Waals surface area contributed by atoms with Gasteiger partial charge in [-0.15, -0.1) is 0 Å². The molecule has 122 valence electrons. The van der Waals surface area contributed by atoms with E-state index < -0.39 is 9.96 Å². The maximum atomic E-state index is 12.4. The monoisotopic (exact) mass is 371 g/mol. The summed E-state index contributed by atoms with van der Waals surface area (Å²) in [7, 11) is 0. The van der Waals surface area contributed by atoms with Gasteiger partial charge >= 0.3 is 0 Å². The van der Waals surface area contributed by atoms with E-state index in [1.54, 1.807) is 17.4 Å². The SMILES string of the molecule is Cc1cccc(C(=O)NC([NH2+]Cc2ccccc2)C(Cl)(Cl)Cl)c1. The van der Waals surface area contributed by atoms with Gasteiger partial charge in [0.25, 0.3) is 9.70 Å². The van der Waals surface area contributed by atoms with Crippen molar-refractivity contribution in [3.05, 3.63) is 71.3 Å². The molecule has 2 aromatic carbocycles. The standard InChI is InChI=1S/C17H17Cl3N2O/c1-12-6-5-9-14(10-12)15(23)22-16(17(18,19)20)21-11-13-7-3-2-4-8-13/h2-10,16,21H,11H2,1H3,(H,22,23)/p+1. The molecule has 6 heteroatoms. The molecule has 0 fully saturated rings. The molecule has 1 unspecified atom stereocenters. The molecule has 0 bridgehead atoms. The van der Waals surface area contributed by atoms with Crippen molar-refractivity contribution in [3.8, 4) is 0 Å². The predicted octanol–water partition coefficient (Wildman–Crippen LogP) is 3.18. The lowest BCUT2D eigenvalue weighted by Crippen LogP contribution is -2.95. The maximum Gasteiger partial charge on any atom is 0.262 e. The first kappa shape index (κ1) is 18.1. The minimum atomic E-state index is -1.62. The molecular weight excluding hydrogens is 355 g/mol. The molecule has 23 heavy (non-hydrogen) atoms. The van der Waals surface area contributed by atoms with Crippen LogP contribution in [-0.4, -0.2) is 15.9 Å². The molecule has 0 saturated carbocycles. The highest BCUT2D eigenvalue weighted by Gasteiger charge is 2.37. The fourth-order valence-corrected chi connectivity index (χ4v) is 2.58. The van der Waals surface area contributed by atoms with E-state index in [1.165, 1.54) is 0 Å². The van der Waals surface area contributed by atoms with Crippen molar-refractivity contribution in [1.82, 2.24) is 5.32 Å². The minimum absolute atomic E-state index is 0.269. The Kier molecular flexibility index (Phi) is 6.31. The van der Waals surface area contributed by atoms with Crippen LogP contribution in [0.2, 0.25) is 0 Å². The van der Waals surface area contributed by atoms with Crippen molar-refractivity contribution in [2.75, 3.05) is 0 Å². The third kappa shape index (κ3) is 5.70. The van der Waals surface area contributed by atoms with Gasteiger partial charge in [0.1, 0.15) is 6.54 Å². The lowest BCUT2D eigenvalue weighted by Gasteiger charge is -2.23. The van der Waals surface area contributed by atoms with Crippen LogP contribution in [0.15, 0.2) is 54.6 Å². The van der Waals surface area contributed by atoms with Crippen molar-refractivity contribution in [1.29, 1.82) is 0 Å².